The first kappa shape index (κ1) is 14.0. The summed E-state index contributed by atoms with van der Waals surface area (Å²) in [6.07, 6.45) is 8.86. The van der Waals surface area contributed by atoms with Gasteiger partial charge in [0.2, 0.25) is 0 Å². The second-order valence-electron chi connectivity index (χ2n) is 8.15. The van der Waals surface area contributed by atoms with Gasteiger partial charge in [-0.15, -0.1) is 0 Å². The molecule has 0 N–H and O–H groups in total. The van der Waals surface area contributed by atoms with E-state index in [1.165, 1.54) is 41.5 Å². The molecule has 0 nitrogen and oxygen atoms in total. The van der Waals surface area contributed by atoms with Crippen molar-refractivity contribution in [2.75, 3.05) is 0 Å². The lowest BCUT2D eigenvalue weighted by atomic mass is 9.74. The van der Waals surface area contributed by atoms with Crippen molar-refractivity contribution < 1.29 is 0 Å². The Morgan fingerprint density at radius 1 is 0.750 bits per heavy atom. The second kappa shape index (κ2) is 4.48. The molecule has 2 aromatic rings. The molecule has 2 saturated carbocycles. The molecule has 24 heavy (non-hydrogen) atoms. The van der Waals surface area contributed by atoms with Gasteiger partial charge in [0.1, 0.15) is 0 Å². The first-order valence-electron chi connectivity index (χ1n) is 8.94. The summed E-state index contributed by atoms with van der Waals surface area (Å²) < 4.78 is 0. The van der Waals surface area contributed by atoms with Crippen LogP contribution in [-0.4, -0.2) is 0 Å². The van der Waals surface area contributed by atoms with Crippen LogP contribution in [0, 0.1) is 23.7 Å². The minimum Gasteiger partial charge on any atom is -0.0848 e. The van der Waals surface area contributed by atoms with Crippen LogP contribution in [0.2, 0.25) is 10.0 Å². The monoisotopic (exact) mass is 352 g/mol. The molecule has 2 heteroatoms. The van der Waals surface area contributed by atoms with Crippen LogP contribution in [0.4, 0.5) is 0 Å². The van der Waals surface area contributed by atoms with Gasteiger partial charge in [-0.3, -0.25) is 0 Å². The van der Waals surface area contributed by atoms with Crippen LogP contribution in [0.5, 0.6) is 0 Å². The van der Waals surface area contributed by atoms with Crippen LogP contribution in [0.1, 0.15) is 30.4 Å². The summed E-state index contributed by atoms with van der Waals surface area (Å²) in [4.78, 5) is 0. The van der Waals surface area contributed by atoms with E-state index in [2.05, 4.69) is 36.4 Å². The van der Waals surface area contributed by atoms with E-state index in [4.69, 9.17) is 23.2 Å². The zero-order valence-electron chi connectivity index (χ0n) is 13.3. The largest absolute Gasteiger partial charge is 0.0848 e. The summed E-state index contributed by atoms with van der Waals surface area (Å²) in [6, 6.07) is 12.9. The summed E-state index contributed by atoms with van der Waals surface area (Å²) in [5.74, 6) is 3.25. The molecule has 4 aliphatic carbocycles. The van der Waals surface area contributed by atoms with Crippen molar-refractivity contribution in [3.63, 3.8) is 0 Å². The Morgan fingerprint density at radius 2 is 1.25 bits per heavy atom. The number of halogens is 2. The molecular weight excluding hydrogens is 335 g/mol. The Bertz CT molecular complexity index is 837. The maximum absolute atomic E-state index is 6.41. The molecule has 1 spiro atoms. The molecule has 4 atom stereocenters. The molecule has 0 aromatic heterocycles. The Labute approximate surface area is 152 Å². The van der Waals surface area contributed by atoms with E-state index in [0.717, 1.165) is 33.7 Å². The van der Waals surface area contributed by atoms with E-state index in [1.54, 1.807) is 0 Å². The SMILES string of the molecule is Clc1ccc2c(c1)C1(CC3C4C=CC(C4)C3C1)c1cc(Cl)ccc1-2. The minimum atomic E-state index is 0.124. The van der Waals surface area contributed by atoms with Crippen molar-refractivity contribution >= 4 is 23.2 Å². The third-order valence-electron chi connectivity index (χ3n) is 7.25. The molecule has 0 amide bonds. The molecule has 120 valence electrons. The van der Waals surface area contributed by atoms with Crippen molar-refractivity contribution in [2.24, 2.45) is 23.7 Å². The zero-order valence-corrected chi connectivity index (χ0v) is 14.8. The highest BCUT2D eigenvalue weighted by Crippen LogP contribution is 2.67. The molecule has 0 heterocycles. The van der Waals surface area contributed by atoms with E-state index in [1.807, 2.05) is 12.1 Å². The summed E-state index contributed by atoms with van der Waals surface area (Å²) in [6.45, 7) is 0. The summed E-state index contributed by atoms with van der Waals surface area (Å²) >= 11 is 12.8. The Hall–Kier alpha value is -1.24. The van der Waals surface area contributed by atoms with Gasteiger partial charge in [0.25, 0.3) is 0 Å². The normalized spacial score (nSPS) is 33.1. The van der Waals surface area contributed by atoms with E-state index in [9.17, 15) is 0 Å². The predicted octanol–water partition coefficient (Wildman–Crippen LogP) is 6.49. The number of fused-ring (bicyclic) bond motifs is 10. The molecular formula is C22H18Cl2. The average Bonchev–Trinajstić information content (AvgIpc) is 3.30. The lowest BCUT2D eigenvalue weighted by Crippen LogP contribution is -2.23. The van der Waals surface area contributed by atoms with Crippen LogP contribution in [0.3, 0.4) is 0 Å². The Balaban J connectivity index is 1.60. The van der Waals surface area contributed by atoms with Gasteiger partial charge in [0.15, 0.2) is 0 Å². The van der Waals surface area contributed by atoms with E-state index in [-0.39, 0.29) is 5.41 Å². The summed E-state index contributed by atoms with van der Waals surface area (Å²) in [7, 11) is 0. The summed E-state index contributed by atoms with van der Waals surface area (Å²) in [5.41, 5.74) is 5.75. The number of hydrogen-bond donors (Lipinski definition) is 0. The third kappa shape index (κ3) is 1.57. The van der Waals surface area contributed by atoms with Crippen LogP contribution < -0.4 is 0 Å². The molecule has 0 radical (unpaired) electrons. The Kier molecular flexibility index (Phi) is 2.61. The Morgan fingerprint density at radius 3 is 1.75 bits per heavy atom. The highest BCUT2D eigenvalue weighted by Gasteiger charge is 2.58. The van der Waals surface area contributed by atoms with E-state index in [0.29, 0.717) is 0 Å². The van der Waals surface area contributed by atoms with Crippen molar-refractivity contribution in [3.05, 3.63) is 69.7 Å². The standard InChI is InChI=1S/C22H18Cl2/c23-14-3-5-16-17-6-4-15(24)9-21(17)22(20(16)8-14)10-18-12-1-2-13(7-12)19(18)11-22/h1-6,8-9,12-13,18-19H,7,10-11H2. The number of rotatable bonds is 0. The molecule has 4 unspecified atom stereocenters. The quantitative estimate of drug-likeness (QED) is 0.475. The molecule has 6 rings (SSSR count). The topological polar surface area (TPSA) is 0 Å². The second-order valence-corrected chi connectivity index (χ2v) is 9.02. The lowest BCUT2D eigenvalue weighted by Gasteiger charge is -2.29. The zero-order chi connectivity index (χ0) is 16.1. The molecule has 0 aliphatic heterocycles. The maximum atomic E-state index is 6.41. The fraction of sp³-hybridized carbons (Fsp3) is 0.364. The third-order valence-corrected chi connectivity index (χ3v) is 7.72. The van der Waals surface area contributed by atoms with Crippen LogP contribution >= 0.6 is 23.2 Å². The van der Waals surface area contributed by atoms with Crippen LogP contribution in [0.25, 0.3) is 11.1 Å². The van der Waals surface area contributed by atoms with Gasteiger partial charge in [-0.2, -0.15) is 0 Å². The van der Waals surface area contributed by atoms with Crippen molar-refractivity contribution in [2.45, 2.75) is 24.7 Å². The van der Waals surface area contributed by atoms with Gasteiger partial charge in [-0.25, -0.2) is 0 Å². The molecule has 2 fully saturated rings. The first-order valence-corrected chi connectivity index (χ1v) is 9.70. The van der Waals surface area contributed by atoms with Gasteiger partial charge < -0.3 is 0 Å². The van der Waals surface area contributed by atoms with Gasteiger partial charge in [0, 0.05) is 15.5 Å². The van der Waals surface area contributed by atoms with E-state index >= 15 is 0 Å². The van der Waals surface area contributed by atoms with Crippen molar-refractivity contribution in [3.8, 4) is 11.1 Å². The highest BCUT2D eigenvalue weighted by molar-refractivity contribution is 6.31. The molecule has 0 saturated heterocycles. The number of allylic oxidation sites excluding steroid dienone is 2. The fourth-order valence-electron chi connectivity index (χ4n) is 6.40. The molecule has 4 aliphatic rings. The average molecular weight is 353 g/mol. The van der Waals surface area contributed by atoms with Gasteiger partial charge in [-0.05, 0) is 89.5 Å². The minimum absolute atomic E-state index is 0.124. The fourth-order valence-corrected chi connectivity index (χ4v) is 6.74. The van der Waals surface area contributed by atoms with E-state index < -0.39 is 0 Å². The van der Waals surface area contributed by atoms with Gasteiger partial charge >= 0.3 is 0 Å². The lowest BCUT2D eigenvalue weighted by molar-refractivity contribution is 0.364. The number of hydrogen-bond acceptors (Lipinski definition) is 0. The van der Waals surface area contributed by atoms with Gasteiger partial charge in [-0.1, -0.05) is 47.5 Å². The molecule has 2 aromatic carbocycles. The molecule has 2 bridgehead atoms. The maximum Gasteiger partial charge on any atom is 0.0409 e. The summed E-state index contributed by atoms with van der Waals surface area (Å²) in [5, 5.41) is 1.70. The van der Waals surface area contributed by atoms with Crippen molar-refractivity contribution in [1.82, 2.24) is 0 Å². The first-order chi connectivity index (χ1) is 11.7. The smallest absolute Gasteiger partial charge is 0.0409 e. The van der Waals surface area contributed by atoms with Crippen molar-refractivity contribution in [1.29, 1.82) is 0 Å². The van der Waals surface area contributed by atoms with Gasteiger partial charge in [0.05, 0.1) is 0 Å². The van der Waals surface area contributed by atoms with Crippen LogP contribution in [0.15, 0.2) is 48.6 Å². The highest BCUT2D eigenvalue weighted by atomic mass is 35.5. The number of benzene rings is 2. The van der Waals surface area contributed by atoms with Crippen LogP contribution in [-0.2, 0) is 5.41 Å². The predicted molar refractivity (Wildman–Crippen MR) is 99.6 cm³/mol.